The van der Waals surface area contributed by atoms with Crippen LogP contribution < -0.4 is 0 Å². The molecule has 2 aromatic rings. The average molecular weight is 417 g/mol. The molecule has 0 unspecified atom stereocenters. The van der Waals surface area contributed by atoms with E-state index in [1.165, 1.54) is 18.2 Å². The van der Waals surface area contributed by atoms with Gasteiger partial charge in [0, 0.05) is 5.41 Å². The molecule has 0 bridgehead atoms. The maximum absolute atomic E-state index is 13.5. The Morgan fingerprint density at radius 2 is 1.36 bits per heavy atom. The number of hydrogen-bond acceptors (Lipinski definition) is 2. The predicted molar refractivity (Wildman–Crippen MR) is 84.4 cm³/mol. The highest BCUT2D eigenvalue weighted by Gasteiger charge is 2.24. The highest BCUT2D eigenvalue weighted by atomic mass is 35.5. The van der Waals surface area contributed by atoms with Gasteiger partial charge < -0.3 is 0 Å². The van der Waals surface area contributed by atoms with Crippen LogP contribution in [0.1, 0.15) is 11.1 Å². The van der Waals surface area contributed by atoms with Crippen LogP contribution >= 0.6 is 23.2 Å². The topological polar surface area (TPSA) is 34.1 Å². The van der Waals surface area contributed by atoms with E-state index in [1.54, 1.807) is 0 Å². The van der Waals surface area contributed by atoms with Crippen LogP contribution in [0.4, 0.5) is 22.0 Å². The third kappa shape index (κ3) is 4.31. The first-order valence-corrected chi connectivity index (χ1v) is 8.87. The Morgan fingerprint density at radius 1 is 0.840 bits per heavy atom. The summed E-state index contributed by atoms with van der Waals surface area (Å²) in [5.41, 5.74) is -1.13. The second kappa shape index (κ2) is 7.31. The molecular formula is C15H7Cl2F5O2S. The minimum Gasteiger partial charge on any atom is -0.224 e. The van der Waals surface area contributed by atoms with Crippen molar-refractivity contribution in [2.24, 2.45) is 0 Å². The van der Waals surface area contributed by atoms with E-state index in [0.717, 1.165) is 0 Å². The second-order valence-corrected chi connectivity index (χ2v) is 7.54. The standard InChI is InChI=1S/C15H7Cl2F5O2S/c16-9-2-1-7(5-10(9)17)6-25(23,24)4-3-8-11(18)13(20)15(22)14(21)12(8)19/h1-5H,6H2. The van der Waals surface area contributed by atoms with Crippen LogP contribution in [0.2, 0.25) is 10.0 Å². The van der Waals surface area contributed by atoms with Crippen LogP contribution in [-0.2, 0) is 15.6 Å². The normalized spacial score (nSPS) is 12.1. The SMILES string of the molecule is O=S(=O)(C=Cc1c(F)c(F)c(F)c(F)c1F)Cc1ccc(Cl)c(Cl)c1. The Bertz CT molecular complexity index is 945. The smallest absolute Gasteiger partial charge is 0.200 e. The number of halogens is 7. The first kappa shape index (κ1) is 19.7. The van der Waals surface area contributed by atoms with E-state index < -0.39 is 50.2 Å². The molecule has 0 fully saturated rings. The van der Waals surface area contributed by atoms with Gasteiger partial charge in [-0.15, -0.1) is 0 Å². The van der Waals surface area contributed by atoms with Crippen molar-refractivity contribution < 1.29 is 30.4 Å². The fraction of sp³-hybridized carbons (Fsp3) is 0.0667. The van der Waals surface area contributed by atoms with Crippen molar-refractivity contribution in [1.82, 2.24) is 0 Å². The lowest BCUT2D eigenvalue weighted by molar-refractivity contribution is 0.377. The quantitative estimate of drug-likeness (QED) is 0.386. The van der Waals surface area contributed by atoms with Crippen LogP contribution in [0.3, 0.4) is 0 Å². The van der Waals surface area contributed by atoms with E-state index in [-0.39, 0.29) is 15.6 Å². The number of hydrogen-bond donors (Lipinski definition) is 0. The highest BCUT2D eigenvalue weighted by Crippen LogP contribution is 2.26. The summed E-state index contributed by atoms with van der Waals surface area (Å²) >= 11 is 11.4. The number of benzene rings is 2. The van der Waals surface area contributed by atoms with Gasteiger partial charge in [-0.05, 0) is 23.8 Å². The first-order valence-electron chi connectivity index (χ1n) is 6.39. The van der Waals surface area contributed by atoms with Crippen molar-refractivity contribution in [3.63, 3.8) is 0 Å². The second-order valence-electron chi connectivity index (χ2n) is 4.84. The van der Waals surface area contributed by atoms with Gasteiger partial charge in [0.05, 0.1) is 21.4 Å². The molecule has 0 spiro atoms. The Balaban J connectivity index is 2.36. The molecule has 0 amide bonds. The molecule has 2 aromatic carbocycles. The van der Waals surface area contributed by atoms with Crippen molar-refractivity contribution in [3.8, 4) is 0 Å². The van der Waals surface area contributed by atoms with Gasteiger partial charge in [0.15, 0.2) is 33.1 Å². The van der Waals surface area contributed by atoms with Gasteiger partial charge >= 0.3 is 0 Å². The Hall–Kier alpha value is -1.64. The van der Waals surface area contributed by atoms with E-state index >= 15 is 0 Å². The van der Waals surface area contributed by atoms with Crippen LogP contribution in [-0.4, -0.2) is 8.42 Å². The van der Waals surface area contributed by atoms with Gasteiger partial charge in [-0.3, -0.25) is 0 Å². The molecule has 10 heteroatoms. The third-order valence-corrected chi connectivity index (χ3v) is 5.06. The van der Waals surface area contributed by atoms with Crippen molar-refractivity contribution >= 4 is 39.1 Å². The van der Waals surface area contributed by atoms with E-state index in [0.29, 0.717) is 11.5 Å². The fourth-order valence-corrected chi connectivity index (χ4v) is 3.25. The lowest BCUT2D eigenvalue weighted by atomic mass is 10.1. The fourth-order valence-electron chi connectivity index (χ4n) is 1.85. The minimum absolute atomic E-state index is 0.0955. The monoisotopic (exact) mass is 416 g/mol. The van der Waals surface area contributed by atoms with Gasteiger partial charge in [0.1, 0.15) is 0 Å². The van der Waals surface area contributed by atoms with E-state index in [9.17, 15) is 30.4 Å². The molecule has 2 rings (SSSR count). The zero-order valence-corrected chi connectivity index (χ0v) is 14.3. The molecule has 0 aliphatic rings. The summed E-state index contributed by atoms with van der Waals surface area (Å²) in [4.78, 5) is 0. The van der Waals surface area contributed by atoms with E-state index in [1.807, 2.05) is 0 Å². The van der Waals surface area contributed by atoms with Crippen LogP contribution in [0, 0.1) is 29.1 Å². The van der Waals surface area contributed by atoms with Crippen LogP contribution in [0.15, 0.2) is 23.6 Å². The summed E-state index contributed by atoms with van der Waals surface area (Å²) in [6.45, 7) is 0. The number of sulfone groups is 1. The van der Waals surface area contributed by atoms with Crippen LogP contribution in [0.25, 0.3) is 6.08 Å². The van der Waals surface area contributed by atoms with Crippen molar-refractivity contribution in [2.75, 3.05) is 0 Å². The minimum atomic E-state index is -4.09. The lowest BCUT2D eigenvalue weighted by Crippen LogP contribution is -2.05. The van der Waals surface area contributed by atoms with Gasteiger partial charge in [0.25, 0.3) is 0 Å². The molecule has 0 aromatic heterocycles. The molecular weight excluding hydrogens is 410 g/mol. The zero-order valence-electron chi connectivity index (χ0n) is 12.0. The summed E-state index contributed by atoms with van der Waals surface area (Å²) < 4.78 is 90.0. The van der Waals surface area contributed by atoms with Crippen molar-refractivity contribution in [1.29, 1.82) is 0 Å². The van der Waals surface area contributed by atoms with Gasteiger partial charge in [-0.1, -0.05) is 29.3 Å². The predicted octanol–water partition coefficient (Wildman–Crippen LogP) is 5.27. The molecule has 2 nitrogen and oxygen atoms in total. The molecule has 0 aliphatic heterocycles. The highest BCUT2D eigenvalue weighted by molar-refractivity contribution is 7.93. The summed E-state index contributed by atoms with van der Waals surface area (Å²) in [7, 11) is -4.09. The summed E-state index contributed by atoms with van der Waals surface area (Å²) in [6.07, 6.45) is 0.309. The summed E-state index contributed by atoms with van der Waals surface area (Å²) in [5.74, 6) is -11.5. The van der Waals surface area contributed by atoms with Gasteiger partial charge in [0.2, 0.25) is 5.82 Å². The molecule has 0 aliphatic carbocycles. The van der Waals surface area contributed by atoms with Gasteiger partial charge in [-0.2, -0.15) is 0 Å². The molecule has 0 N–H and O–H groups in total. The lowest BCUT2D eigenvalue weighted by Gasteiger charge is -2.05. The molecule has 134 valence electrons. The summed E-state index contributed by atoms with van der Waals surface area (Å²) in [5, 5.41) is 0.645. The van der Waals surface area contributed by atoms with E-state index in [2.05, 4.69) is 0 Å². The zero-order chi connectivity index (χ0) is 18.9. The molecule has 0 heterocycles. The van der Waals surface area contributed by atoms with Crippen molar-refractivity contribution in [2.45, 2.75) is 5.75 Å². The maximum Gasteiger partial charge on any atom is 0.200 e. The van der Waals surface area contributed by atoms with E-state index in [4.69, 9.17) is 23.2 Å². The van der Waals surface area contributed by atoms with Crippen LogP contribution in [0.5, 0.6) is 0 Å². The Labute approximate surface area is 149 Å². The number of rotatable bonds is 4. The molecule has 0 radical (unpaired) electrons. The molecule has 0 saturated carbocycles. The molecule has 0 saturated heterocycles. The Morgan fingerprint density at radius 3 is 1.88 bits per heavy atom. The maximum atomic E-state index is 13.5. The first-order chi connectivity index (χ1) is 11.5. The largest absolute Gasteiger partial charge is 0.224 e. The van der Waals surface area contributed by atoms with Gasteiger partial charge in [-0.25, -0.2) is 30.4 Å². The Kier molecular flexibility index (Phi) is 5.75. The average Bonchev–Trinajstić information content (AvgIpc) is 2.54. The van der Waals surface area contributed by atoms with Crippen molar-refractivity contribution in [3.05, 3.63) is 73.9 Å². The summed E-state index contributed by atoms with van der Waals surface area (Å²) in [6, 6.07) is 3.98. The molecule has 0 atom stereocenters. The third-order valence-electron chi connectivity index (χ3n) is 3.04. The molecule has 25 heavy (non-hydrogen) atoms.